The molecule has 0 aliphatic carbocycles. The van der Waals surface area contributed by atoms with Crippen LogP contribution < -0.4 is 9.46 Å². The molecule has 6 nitrogen and oxygen atoms in total. The third kappa shape index (κ3) is 3.16. The Balaban J connectivity index is 2.75. The molecule has 0 aromatic carbocycles. The van der Waals surface area contributed by atoms with E-state index in [0.29, 0.717) is 11.4 Å². The average Bonchev–Trinajstić information content (AvgIpc) is 2.26. The van der Waals surface area contributed by atoms with Crippen LogP contribution in [0.5, 0.6) is 5.88 Å². The van der Waals surface area contributed by atoms with Gasteiger partial charge in [0.2, 0.25) is 5.88 Å². The topological polar surface area (TPSA) is 71.5 Å². The lowest BCUT2D eigenvalue weighted by atomic mass is 10.3. The maximum atomic E-state index is 11.5. The fourth-order valence-corrected chi connectivity index (χ4v) is 1.64. The van der Waals surface area contributed by atoms with E-state index in [-0.39, 0.29) is 6.54 Å². The zero-order chi connectivity index (χ0) is 12.2. The molecule has 0 fully saturated rings. The largest absolute Gasteiger partial charge is 0.481 e. The first-order chi connectivity index (χ1) is 7.47. The molecule has 16 heavy (non-hydrogen) atoms. The van der Waals surface area contributed by atoms with Crippen LogP contribution in [0.2, 0.25) is 0 Å². The van der Waals surface area contributed by atoms with E-state index in [1.54, 1.807) is 18.3 Å². The van der Waals surface area contributed by atoms with Gasteiger partial charge in [0.15, 0.2) is 0 Å². The molecule has 0 bridgehead atoms. The summed E-state index contributed by atoms with van der Waals surface area (Å²) >= 11 is 0. The number of rotatable bonds is 5. The minimum absolute atomic E-state index is 0.150. The van der Waals surface area contributed by atoms with E-state index in [0.717, 1.165) is 4.31 Å². The third-order valence-electron chi connectivity index (χ3n) is 1.97. The number of aromatic nitrogens is 1. The summed E-state index contributed by atoms with van der Waals surface area (Å²) in [5.74, 6) is 0.420. The molecule has 1 heterocycles. The molecule has 0 saturated carbocycles. The highest BCUT2D eigenvalue weighted by molar-refractivity contribution is 7.87. The molecule has 1 aromatic heterocycles. The van der Waals surface area contributed by atoms with Crippen molar-refractivity contribution in [2.45, 2.75) is 6.54 Å². The lowest BCUT2D eigenvalue weighted by Gasteiger charge is -2.13. The Kier molecular flexibility index (Phi) is 4.22. The number of nitrogens with zero attached hydrogens (tertiary/aromatic N) is 2. The van der Waals surface area contributed by atoms with Crippen LogP contribution in [0.3, 0.4) is 0 Å². The lowest BCUT2D eigenvalue weighted by Crippen LogP contribution is -2.35. The average molecular weight is 245 g/mol. The predicted octanol–water partition coefficient (Wildman–Crippen LogP) is -0.0138. The minimum Gasteiger partial charge on any atom is -0.481 e. The smallest absolute Gasteiger partial charge is 0.279 e. The zero-order valence-electron chi connectivity index (χ0n) is 9.47. The standard InChI is InChI=1S/C9H15N3O3S/c1-12(2)16(13,14)11-7-8-5-4-6-10-9(8)15-3/h4-6,11H,7H2,1-3H3. The van der Waals surface area contributed by atoms with Crippen molar-refractivity contribution in [3.8, 4) is 5.88 Å². The van der Waals surface area contributed by atoms with Gasteiger partial charge in [0, 0.05) is 32.4 Å². The van der Waals surface area contributed by atoms with E-state index in [1.165, 1.54) is 21.2 Å². The molecule has 7 heteroatoms. The molecule has 0 spiro atoms. The summed E-state index contributed by atoms with van der Waals surface area (Å²) in [5, 5.41) is 0. The summed E-state index contributed by atoms with van der Waals surface area (Å²) in [4.78, 5) is 3.97. The Morgan fingerprint density at radius 1 is 1.50 bits per heavy atom. The SMILES string of the molecule is COc1ncccc1CNS(=O)(=O)N(C)C. The molecule has 0 radical (unpaired) electrons. The van der Waals surface area contributed by atoms with Gasteiger partial charge in [-0.25, -0.2) is 4.98 Å². The minimum atomic E-state index is -3.42. The number of hydrogen-bond donors (Lipinski definition) is 1. The van der Waals surface area contributed by atoms with Crippen LogP contribution >= 0.6 is 0 Å². The van der Waals surface area contributed by atoms with Crippen molar-refractivity contribution in [1.29, 1.82) is 0 Å². The maximum absolute atomic E-state index is 11.5. The molecule has 1 aromatic rings. The first-order valence-corrected chi connectivity index (χ1v) is 6.06. The lowest BCUT2D eigenvalue weighted by molar-refractivity contribution is 0.391. The monoisotopic (exact) mass is 245 g/mol. The number of nitrogens with one attached hydrogen (secondary N) is 1. The van der Waals surface area contributed by atoms with Gasteiger partial charge in [-0.2, -0.15) is 17.4 Å². The number of ether oxygens (including phenoxy) is 1. The first-order valence-electron chi connectivity index (χ1n) is 4.62. The van der Waals surface area contributed by atoms with Crippen LogP contribution in [0.4, 0.5) is 0 Å². The van der Waals surface area contributed by atoms with E-state index >= 15 is 0 Å². The zero-order valence-corrected chi connectivity index (χ0v) is 10.3. The summed E-state index contributed by atoms with van der Waals surface area (Å²) in [6.45, 7) is 0.150. The Labute approximate surface area is 95.4 Å². The van der Waals surface area contributed by atoms with Crippen molar-refractivity contribution in [3.05, 3.63) is 23.9 Å². The van der Waals surface area contributed by atoms with Gasteiger partial charge >= 0.3 is 0 Å². The Hall–Kier alpha value is -1.18. The van der Waals surface area contributed by atoms with Gasteiger partial charge in [0.05, 0.1) is 7.11 Å². The van der Waals surface area contributed by atoms with E-state index in [9.17, 15) is 8.42 Å². The second-order valence-electron chi connectivity index (χ2n) is 3.28. The fourth-order valence-electron chi connectivity index (χ4n) is 1.04. The molecule has 0 atom stereocenters. The highest BCUT2D eigenvalue weighted by Crippen LogP contribution is 2.13. The molecule has 0 aliphatic heterocycles. The summed E-state index contributed by atoms with van der Waals surface area (Å²) < 4.78 is 31.5. The number of hydrogen-bond acceptors (Lipinski definition) is 4. The van der Waals surface area contributed by atoms with Gasteiger partial charge in [0.1, 0.15) is 0 Å². The summed E-state index contributed by atoms with van der Waals surface area (Å²) in [7, 11) is 0.993. The van der Waals surface area contributed by atoms with Gasteiger partial charge in [-0.15, -0.1) is 0 Å². The van der Waals surface area contributed by atoms with E-state index in [2.05, 4.69) is 9.71 Å². The van der Waals surface area contributed by atoms with Gasteiger partial charge in [0.25, 0.3) is 10.2 Å². The van der Waals surface area contributed by atoms with Gasteiger partial charge in [-0.05, 0) is 6.07 Å². The molecule has 0 saturated heterocycles. The van der Waals surface area contributed by atoms with Gasteiger partial charge < -0.3 is 4.74 Å². The maximum Gasteiger partial charge on any atom is 0.279 e. The fraction of sp³-hybridized carbons (Fsp3) is 0.444. The summed E-state index contributed by atoms with van der Waals surface area (Å²) in [6, 6.07) is 3.48. The van der Waals surface area contributed by atoms with E-state index in [4.69, 9.17) is 4.74 Å². The van der Waals surface area contributed by atoms with Crippen LogP contribution in [-0.2, 0) is 16.8 Å². The molecule has 1 rings (SSSR count). The second kappa shape index (κ2) is 5.24. The van der Waals surface area contributed by atoms with E-state index in [1.807, 2.05) is 0 Å². The highest BCUT2D eigenvalue weighted by atomic mass is 32.2. The van der Waals surface area contributed by atoms with Crippen LogP contribution in [0.15, 0.2) is 18.3 Å². The highest BCUT2D eigenvalue weighted by Gasteiger charge is 2.13. The normalized spacial score (nSPS) is 11.8. The van der Waals surface area contributed by atoms with E-state index < -0.39 is 10.2 Å². The van der Waals surface area contributed by atoms with Crippen LogP contribution in [0, 0.1) is 0 Å². The molecular weight excluding hydrogens is 230 g/mol. The molecular formula is C9H15N3O3S. The Morgan fingerprint density at radius 3 is 2.75 bits per heavy atom. The predicted molar refractivity (Wildman–Crippen MR) is 60.2 cm³/mol. The number of pyridine rings is 1. The van der Waals surface area contributed by atoms with Crippen LogP contribution in [0.1, 0.15) is 5.56 Å². The molecule has 90 valence electrons. The number of methoxy groups -OCH3 is 1. The molecule has 0 unspecified atom stereocenters. The quantitative estimate of drug-likeness (QED) is 0.791. The summed E-state index contributed by atoms with van der Waals surface area (Å²) in [5.41, 5.74) is 0.690. The van der Waals surface area contributed by atoms with Crippen LogP contribution in [0.25, 0.3) is 0 Å². The molecule has 1 N–H and O–H groups in total. The second-order valence-corrected chi connectivity index (χ2v) is 5.25. The van der Waals surface area contributed by atoms with Crippen molar-refractivity contribution < 1.29 is 13.2 Å². The van der Waals surface area contributed by atoms with Crippen molar-refractivity contribution in [1.82, 2.24) is 14.0 Å². The summed E-state index contributed by atoms with van der Waals surface area (Å²) in [6.07, 6.45) is 1.59. The van der Waals surface area contributed by atoms with Crippen LogP contribution in [-0.4, -0.2) is 38.9 Å². The van der Waals surface area contributed by atoms with Crippen molar-refractivity contribution in [2.24, 2.45) is 0 Å². The van der Waals surface area contributed by atoms with Gasteiger partial charge in [-0.1, -0.05) is 6.07 Å². The third-order valence-corrected chi connectivity index (χ3v) is 3.44. The van der Waals surface area contributed by atoms with Gasteiger partial charge in [-0.3, -0.25) is 0 Å². The van der Waals surface area contributed by atoms with Crippen molar-refractivity contribution >= 4 is 10.2 Å². The Morgan fingerprint density at radius 2 is 2.19 bits per heavy atom. The molecule has 0 aliphatic rings. The van der Waals surface area contributed by atoms with Crippen molar-refractivity contribution in [2.75, 3.05) is 21.2 Å². The van der Waals surface area contributed by atoms with Crippen molar-refractivity contribution in [3.63, 3.8) is 0 Å². The first kappa shape index (κ1) is 12.9. The molecule has 0 amide bonds. The Bertz CT molecular complexity index is 445.